The summed E-state index contributed by atoms with van der Waals surface area (Å²) < 4.78 is 13.0. The lowest BCUT2D eigenvalue weighted by molar-refractivity contribution is -0.159. The number of carbonyl (C=O) groups is 3. The quantitative estimate of drug-likeness (QED) is 0.672. The first kappa shape index (κ1) is 19.5. The van der Waals surface area contributed by atoms with E-state index in [-0.39, 0.29) is 11.7 Å². The highest BCUT2D eigenvalue weighted by Crippen LogP contribution is 2.09. The van der Waals surface area contributed by atoms with E-state index in [4.69, 9.17) is 19.8 Å². The Morgan fingerprint density at radius 1 is 1.12 bits per heavy atom. The van der Waals surface area contributed by atoms with E-state index in [1.54, 1.807) is 12.1 Å². The first-order chi connectivity index (χ1) is 11.3. The van der Waals surface area contributed by atoms with Gasteiger partial charge in [-0.1, -0.05) is 6.07 Å². The van der Waals surface area contributed by atoms with Crippen LogP contribution in [0.15, 0.2) is 24.3 Å². The average molecular weight is 341 g/mol. The van der Waals surface area contributed by atoms with Crippen molar-refractivity contribution in [3.8, 4) is 0 Å². The Balaban J connectivity index is 0.000000413. The van der Waals surface area contributed by atoms with Crippen LogP contribution in [0.5, 0.6) is 0 Å². The van der Waals surface area contributed by atoms with Crippen LogP contribution in [0.1, 0.15) is 0 Å². The number of nitrogens with one attached hydrogen (secondary N) is 1. The Bertz CT molecular complexity index is 576. The third-order valence-corrected chi connectivity index (χ3v) is 3.25. The number of carboxylic acid groups (broad SMARTS) is 2. The van der Waals surface area contributed by atoms with Crippen molar-refractivity contribution in [2.24, 2.45) is 0 Å². The highest BCUT2D eigenvalue weighted by Gasteiger charge is 2.16. The minimum absolute atomic E-state index is 0.0925. The number of carbonyl (C=O) groups excluding carboxylic acids is 1. The molecule has 1 aromatic carbocycles. The topological polar surface area (TPSA) is 110 Å². The van der Waals surface area contributed by atoms with Gasteiger partial charge in [0.2, 0.25) is 5.91 Å². The molecule has 0 radical (unpaired) electrons. The second kappa shape index (κ2) is 9.58. The molecule has 0 spiro atoms. The van der Waals surface area contributed by atoms with Gasteiger partial charge in [-0.2, -0.15) is 0 Å². The Labute approximate surface area is 138 Å². The monoisotopic (exact) mass is 341 g/mol. The molecule has 0 aliphatic carbocycles. The van der Waals surface area contributed by atoms with Crippen molar-refractivity contribution in [1.29, 1.82) is 0 Å². The number of halogens is 1. The molecule has 1 amide bonds. The summed E-state index contributed by atoms with van der Waals surface area (Å²) in [6, 6.07) is 5.95. The van der Waals surface area contributed by atoms with Gasteiger partial charge < -0.3 is 20.4 Å². The first-order valence-corrected chi connectivity index (χ1v) is 7.20. The summed E-state index contributed by atoms with van der Waals surface area (Å²) in [6.07, 6.45) is 0. The predicted molar refractivity (Wildman–Crippen MR) is 84.2 cm³/mol. The van der Waals surface area contributed by atoms with Crippen LogP contribution in [0.25, 0.3) is 0 Å². The number of benzene rings is 1. The van der Waals surface area contributed by atoms with Crippen LogP contribution in [0.3, 0.4) is 0 Å². The zero-order valence-corrected chi connectivity index (χ0v) is 13.2. The lowest BCUT2D eigenvalue weighted by Gasteiger charge is -2.31. The van der Waals surface area contributed by atoms with Gasteiger partial charge in [0, 0.05) is 31.9 Å². The summed E-state index contributed by atoms with van der Waals surface area (Å²) >= 11 is 0. The van der Waals surface area contributed by atoms with Gasteiger partial charge in [-0.05, 0) is 25.2 Å². The smallest absolute Gasteiger partial charge is 0.414 e. The number of hydrogen-bond donors (Lipinski definition) is 3. The van der Waals surface area contributed by atoms with Crippen LogP contribution >= 0.6 is 0 Å². The first-order valence-electron chi connectivity index (χ1n) is 7.20. The molecule has 0 saturated carbocycles. The van der Waals surface area contributed by atoms with Crippen LogP contribution in [0.4, 0.5) is 10.1 Å². The molecule has 1 aliphatic rings. The zero-order valence-electron chi connectivity index (χ0n) is 13.2. The Morgan fingerprint density at radius 2 is 1.71 bits per heavy atom. The van der Waals surface area contributed by atoms with E-state index in [0.717, 1.165) is 26.2 Å². The van der Waals surface area contributed by atoms with Crippen LogP contribution in [-0.2, 0) is 14.4 Å². The van der Waals surface area contributed by atoms with E-state index in [1.165, 1.54) is 12.1 Å². The van der Waals surface area contributed by atoms with Crippen LogP contribution in [0.2, 0.25) is 0 Å². The van der Waals surface area contributed by atoms with Gasteiger partial charge in [0.05, 0.1) is 6.54 Å². The van der Waals surface area contributed by atoms with Crippen LogP contribution in [0, 0.1) is 5.82 Å². The molecule has 1 saturated heterocycles. The maximum absolute atomic E-state index is 13.0. The second-order valence-corrected chi connectivity index (χ2v) is 5.25. The SMILES string of the molecule is CN1CCN(CC(=O)Nc2cccc(F)c2)CC1.O=C(O)C(=O)O. The summed E-state index contributed by atoms with van der Waals surface area (Å²) in [7, 11) is 2.07. The molecule has 1 fully saturated rings. The fourth-order valence-electron chi connectivity index (χ4n) is 1.98. The number of piperazine rings is 1. The van der Waals surface area contributed by atoms with Crippen LogP contribution in [-0.4, -0.2) is 77.6 Å². The maximum atomic E-state index is 13.0. The molecule has 8 nitrogen and oxygen atoms in total. The third kappa shape index (κ3) is 7.65. The molecule has 3 N–H and O–H groups in total. The fourth-order valence-corrected chi connectivity index (χ4v) is 1.98. The molecule has 0 aromatic heterocycles. The van der Waals surface area contributed by atoms with Gasteiger partial charge in [-0.3, -0.25) is 9.69 Å². The van der Waals surface area contributed by atoms with Crippen molar-refractivity contribution >= 4 is 23.5 Å². The molecule has 24 heavy (non-hydrogen) atoms. The van der Waals surface area contributed by atoms with Crippen molar-refractivity contribution in [3.63, 3.8) is 0 Å². The number of rotatable bonds is 3. The molecule has 0 unspecified atom stereocenters. The lowest BCUT2D eigenvalue weighted by Crippen LogP contribution is -2.47. The standard InChI is InChI=1S/C13H18FN3O.C2H2O4/c1-16-5-7-17(8-6-16)10-13(18)15-12-4-2-3-11(14)9-12;3-1(4)2(5)6/h2-4,9H,5-8,10H2,1H3,(H,15,18);(H,3,4)(H,5,6). The highest BCUT2D eigenvalue weighted by molar-refractivity contribution is 6.27. The Morgan fingerprint density at radius 3 is 2.21 bits per heavy atom. The molecule has 0 atom stereocenters. The Hall–Kier alpha value is -2.52. The molecular weight excluding hydrogens is 321 g/mol. The zero-order chi connectivity index (χ0) is 18.1. The Kier molecular flexibility index (Phi) is 7.80. The van der Waals surface area contributed by atoms with Crippen molar-refractivity contribution in [3.05, 3.63) is 30.1 Å². The molecule has 1 aromatic rings. The number of amides is 1. The van der Waals surface area contributed by atoms with Gasteiger partial charge >= 0.3 is 11.9 Å². The third-order valence-electron chi connectivity index (χ3n) is 3.25. The van der Waals surface area contributed by atoms with E-state index < -0.39 is 11.9 Å². The molecule has 1 aliphatic heterocycles. The number of aliphatic carboxylic acids is 2. The summed E-state index contributed by atoms with van der Waals surface area (Å²) in [5.74, 6) is -4.08. The predicted octanol–water partition coefficient (Wildman–Crippen LogP) is 0.167. The largest absolute Gasteiger partial charge is 0.473 e. The van der Waals surface area contributed by atoms with Gasteiger partial charge in [0.25, 0.3) is 0 Å². The number of carboxylic acids is 2. The number of hydrogen-bond acceptors (Lipinski definition) is 5. The molecule has 132 valence electrons. The average Bonchev–Trinajstić information content (AvgIpc) is 2.50. The van der Waals surface area contributed by atoms with E-state index >= 15 is 0 Å². The van der Waals surface area contributed by atoms with Gasteiger partial charge in [0.1, 0.15) is 5.82 Å². The summed E-state index contributed by atoms with van der Waals surface area (Å²) in [5, 5.41) is 17.5. The van der Waals surface area contributed by atoms with E-state index in [9.17, 15) is 9.18 Å². The van der Waals surface area contributed by atoms with Gasteiger partial charge in [-0.15, -0.1) is 0 Å². The van der Waals surface area contributed by atoms with Gasteiger partial charge in [0.15, 0.2) is 0 Å². The minimum Gasteiger partial charge on any atom is -0.473 e. The van der Waals surface area contributed by atoms with E-state index in [2.05, 4.69) is 22.2 Å². The van der Waals surface area contributed by atoms with Crippen molar-refractivity contribution in [2.75, 3.05) is 45.1 Å². The van der Waals surface area contributed by atoms with Gasteiger partial charge in [-0.25, -0.2) is 14.0 Å². The maximum Gasteiger partial charge on any atom is 0.414 e. The summed E-state index contributed by atoms with van der Waals surface area (Å²) in [5.41, 5.74) is 0.508. The van der Waals surface area contributed by atoms with Crippen LogP contribution < -0.4 is 5.32 Å². The molecule has 1 heterocycles. The number of nitrogens with zero attached hydrogens (tertiary/aromatic N) is 2. The fraction of sp³-hybridized carbons (Fsp3) is 0.400. The van der Waals surface area contributed by atoms with E-state index in [0.29, 0.717) is 12.2 Å². The number of likely N-dealkylation sites (N-methyl/N-ethyl adjacent to an activating group) is 1. The highest BCUT2D eigenvalue weighted by atomic mass is 19.1. The summed E-state index contributed by atoms with van der Waals surface area (Å²) in [4.78, 5) is 34.3. The molecule has 9 heteroatoms. The van der Waals surface area contributed by atoms with Crippen molar-refractivity contribution < 1.29 is 29.0 Å². The lowest BCUT2D eigenvalue weighted by atomic mass is 10.3. The number of anilines is 1. The minimum atomic E-state index is -1.82. The van der Waals surface area contributed by atoms with Crippen molar-refractivity contribution in [2.45, 2.75) is 0 Å². The second-order valence-electron chi connectivity index (χ2n) is 5.25. The molecule has 0 bridgehead atoms. The normalized spacial score (nSPS) is 15.1. The summed E-state index contributed by atoms with van der Waals surface area (Å²) in [6.45, 7) is 4.12. The van der Waals surface area contributed by atoms with Crippen molar-refractivity contribution in [1.82, 2.24) is 9.80 Å². The molecular formula is C15H20FN3O5. The molecule has 2 rings (SSSR count). The van der Waals surface area contributed by atoms with E-state index in [1.807, 2.05) is 0 Å².